The lowest BCUT2D eigenvalue weighted by Crippen LogP contribution is -2.04. The average molecular weight is 293 g/mol. The van der Waals surface area contributed by atoms with E-state index < -0.39 is 5.97 Å². The number of aliphatic carboxylic acids is 1. The topological polar surface area (TPSA) is 55.1 Å². The molecule has 1 heterocycles. The van der Waals surface area contributed by atoms with Crippen LogP contribution in [0.1, 0.15) is 19.4 Å². The Kier molecular flexibility index (Phi) is 4.45. The Labute approximate surface area is 123 Å². The van der Waals surface area contributed by atoms with Gasteiger partial charge in [0.25, 0.3) is 0 Å². The maximum absolute atomic E-state index is 10.8. The van der Waals surface area contributed by atoms with Gasteiger partial charge in [-0.15, -0.1) is 0 Å². The number of hydrogen-bond acceptors (Lipinski definition) is 2. The molecular formula is C15H17ClN2O2. The van der Waals surface area contributed by atoms with Gasteiger partial charge >= 0.3 is 5.97 Å². The van der Waals surface area contributed by atoms with Crippen LogP contribution in [0.2, 0.25) is 5.02 Å². The van der Waals surface area contributed by atoms with E-state index in [9.17, 15) is 4.79 Å². The van der Waals surface area contributed by atoms with E-state index in [2.05, 4.69) is 18.9 Å². The van der Waals surface area contributed by atoms with Gasteiger partial charge in [0, 0.05) is 23.3 Å². The SMILES string of the molecule is CC(C)Cn1cc(-c2ccc(Cl)c(CC(=O)O)c2)cn1. The highest BCUT2D eigenvalue weighted by Crippen LogP contribution is 2.25. The van der Waals surface area contributed by atoms with Gasteiger partial charge in [0.1, 0.15) is 0 Å². The van der Waals surface area contributed by atoms with Crippen LogP contribution in [0.25, 0.3) is 11.1 Å². The minimum Gasteiger partial charge on any atom is -0.481 e. The van der Waals surface area contributed by atoms with Crippen LogP contribution < -0.4 is 0 Å². The molecule has 0 fully saturated rings. The molecule has 5 heteroatoms. The fourth-order valence-electron chi connectivity index (χ4n) is 2.04. The highest BCUT2D eigenvalue weighted by Gasteiger charge is 2.09. The van der Waals surface area contributed by atoms with Gasteiger partial charge in [-0.1, -0.05) is 31.5 Å². The molecule has 0 saturated heterocycles. The first-order chi connectivity index (χ1) is 9.45. The van der Waals surface area contributed by atoms with Gasteiger partial charge in [-0.2, -0.15) is 5.10 Å². The van der Waals surface area contributed by atoms with Gasteiger partial charge in [-0.05, 0) is 29.2 Å². The van der Waals surface area contributed by atoms with E-state index in [1.807, 2.05) is 23.0 Å². The second kappa shape index (κ2) is 6.09. The summed E-state index contributed by atoms with van der Waals surface area (Å²) in [6.07, 6.45) is 3.68. The molecule has 0 unspecified atom stereocenters. The summed E-state index contributed by atoms with van der Waals surface area (Å²) in [7, 11) is 0. The van der Waals surface area contributed by atoms with Crippen molar-refractivity contribution in [2.24, 2.45) is 5.92 Å². The fraction of sp³-hybridized carbons (Fsp3) is 0.333. The van der Waals surface area contributed by atoms with Crippen molar-refractivity contribution >= 4 is 17.6 Å². The molecule has 106 valence electrons. The predicted molar refractivity (Wildman–Crippen MR) is 78.9 cm³/mol. The number of hydrogen-bond donors (Lipinski definition) is 1. The highest BCUT2D eigenvalue weighted by atomic mass is 35.5. The molecule has 20 heavy (non-hydrogen) atoms. The molecule has 0 radical (unpaired) electrons. The number of nitrogens with zero attached hydrogens (tertiary/aromatic N) is 2. The van der Waals surface area contributed by atoms with Gasteiger partial charge in [0.2, 0.25) is 0 Å². The van der Waals surface area contributed by atoms with Crippen molar-refractivity contribution in [3.05, 3.63) is 41.2 Å². The summed E-state index contributed by atoms with van der Waals surface area (Å²) in [5.74, 6) is -0.366. The van der Waals surface area contributed by atoms with Crippen LogP contribution in [0.4, 0.5) is 0 Å². The number of benzene rings is 1. The molecule has 0 saturated carbocycles. The normalized spacial score (nSPS) is 11.0. The monoisotopic (exact) mass is 292 g/mol. The van der Waals surface area contributed by atoms with Gasteiger partial charge in [-0.3, -0.25) is 9.48 Å². The molecule has 4 nitrogen and oxygen atoms in total. The van der Waals surface area contributed by atoms with Gasteiger partial charge in [-0.25, -0.2) is 0 Å². The van der Waals surface area contributed by atoms with Crippen molar-refractivity contribution < 1.29 is 9.90 Å². The summed E-state index contributed by atoms with van der Waals surface area (Å²) in [4.78, 5) is 10.8. The van der Waals surface area contributed by atoms with Crippen molar-refractivity contribution in [1.82, 2.24) is 9.78 Å². The smallest absolute Gasteiger partial charge is 0.307 e. The van der Waals surface area contributed by atoms with Gasteiger partial charge in [0.05, 0.1) is 12.6 Å². The highest BCUT2D eigenvalue weighted by molar-refractivity contribution is 6.31. The van der Waals surface area contributed by atoms with Crippen molar-refractivity contribution in [3.63, 3.8) is 0 Å². The zero-order chi connectivity index (χ0) is 14.7. The van der Waals surface area contributed by atoms with Crippen LogP contribution in [0.3, 0.4) is 0 Å². The minimum absolute atomic E-state index is 0.0766. The molecule has 0 spiro atoms. The predicted octanol–water partition coefficient (Wildman–Crippen LogP) is 3.49. The first kappa shape index (κ1) is 14.6. The molecule has 0 aliphatic carbocycles. The first-order valence-corrected chi connectivity index (χ1v) is 6.86. The van der Waals surface area contributed by atoms with Gasteiger partial charge < -0.3 is 5.11 Å². The van der Waals surface area contributed by atoms with E-state index in [4.69, 9.17) is 16.7 Å². The molecule has 0 amide bonds. The first-order valence-electron chi connectivity index (χ1n) is 6.48. The van der Waals surface area contributed by atoms with Crippen LogP contribution in [0.15, 0.2) is 30.6 Å². The van der Waals surface area contributed by atoms with Crippen LogP contribution in [-0.4, -0.2) is 20.9 Å². The zero-order valence-electron chi connectivity index (χ0n) is 11.5. The lowest BCUT2D eigenvalue weighted by molar-refractivity contribution is -0.136. The summed E-state index contributed by atoms with van der Waals surface area (Å²) in [6, 6.07) is 5.42. The summed E-state index contributed by atoms with van der Waals surface area (Å²) in [5, 5.41) is 13.7. The molecule has 1 aromatic carbocycles. The van der Waals surface area contributed by atoms with Crippen molar-refractivity contribution in [1.29, 1.82) is 0 Å². The second-order valence-electron chi connectivity index (χ2n) is 5.22. The third kappa shape index (κ3) is 3.61. The Hall–Kier alpha value is -1.81. The second-order valence-corrected chi connectivity index (χ2v) is 5.63. The molecular weight excluding hydrogens is 276 g/mol. The lowest BCUT2D eigenvalue weighted by Gasteiger charge is -2.05. The maximum Gasteiger partial charge on any atom is 0.307 e. The molecule has 0 aliphatic rings. The number of carboxylic acid groups (broad SMARTS) is 1. The number of carboxylic acids is 1. The van der Waals surface area contributed by atoms with E-state index >= 15 is 0 Å². The third-order valence-corrected chi connectivity index (χ3v) is 3.27. The summed E-state index contributed by atoms with van der Waals surface area (Å²) >= 11 is 6.02. The molecule has 0 bridgehead atoms. The third-order valence-electron chi connectivity index (χ3n) is 2.91. The van der Waals surface area contributed by atoms with E-state index in [0.717, 1.165) is 17.7 Å². The van der Waals surface area contributed by atoms with E-state index in [-0.39, 0.29) is 6.42 Å². The van der Waals surface area contributed by atoms with Crippen LogP contribution in [-0.2, 0) is 17.8 Å². The van der Waals surface area contributed by atoms with E-state index in [0.29, 0.717) is 16.5 Å². The molecule has 2 aromatic rings. The minimum atomic E-state index is -0.889. The zero-order valence-corrected chi connectivity index (χ0v) is 12.3. The van der Waals surface area contributed by atoms with E-state index in [1.165, 1.54) is 0 Å². The Balaban J connectivity index is 2.28. The largest absolute Gasteiger partial charge is 0.481 e. The Morgan fingerprint density at radius 1 is 1.40 bits per heavy atom. The van der Waals surface area contributed by atoms with Crippen molar-refractivity contribution in [2.45, 2.75) is 26.8 Å². The molecule has 0 atom stereocenters. The number of aromatic nitrogens is 2. The summed E-state index contributed by atoms with van der Waals surface area (Å²) < 4.78 is 1.89. The Bertz CT molecular complexity index is 620. The molecule has 1 N–H and O–H groups in total. The number of carbonyl (C=O) groups is 1. The Morgan fingerprint density at radius 3 is 2.80 bits per heavy atom. The molecule has 2 rings (SSSR count). The summed E-state index contributed by atoms with van der Waals surface area (Å²) in [6.45, 7) is 5.12. The van der Waals surface area contributed by atoms with Crippen LogP contribution in [0.5, 0.6) is 0 Å². The fourth-order valence-corrected chi connectivity index (χ4v) is 2.22. The van der Waals surface area contributed by atoms with E-state index in [1.54, 1.807) is 12.3 Å². The molecule has 1 aromatic heterocycles. The van der Waals surface area contributed by atoms with Gasteiger partial charge in [0.15, 0.2) is 0 Å². The maximum atomic E-state index is 10.8. The van der Waals surface area contributed by atoms with Crippen LogP contribution >= 0.6 is 11.6 Å². The van der Waals surface area contributed by atoms with Crippen LogP contribution in [0, 0.1) is 5.92 Å². The quantitative estimate of drug-likeness (QED) is 0.918. The van der Waals surface area contributed by atoms with Crippen molar-refractivity contribution in [3.8, 4) is 11.1 Å². The molecule has 0 aliphatic heterocycles. The standard InChI is InChI=1S/C15H17ClN2O2/c1-10(2)8-18-9-13(7-17-18)11-3-4-14(16)12(5-11)6-15(19)20/h3-5,7,9-10H,6,8H2,1-2H3,(H,19,20). The number of halogens is 1. The number of rotatable bonds is 5. The summed E-state index contributed by atoms with van der Waals surface area (Å²) in [5.41, 5.74) is 2.52. The lowest BCUT2D eigenvalue weighted by atomic mass is 10.0. The average Bonchev–Trinajstić information content (AvgIpc) is 2.79. The van der Waals surface area contributed by atoms with Crippen molar-refractivity contribution in [2.75, 3.05) is 0 Å². The Morgan fingerprint density at radius 2 is 2.15 bits per heavy atom.